The summed E-state index contributed by atoms with van der Waals surface area (Å²) in [5.74, 6) is -1.31. The van der Waals surface area contributed by atoms with Gasteiger partial charge in [0.05, 0.1) is 0 Å². The van der Waals surface area contributed by atoms with Crippen molar-refractivity contribution in [1.82, 2.24) is 10.6 Å². The van der Waals surface area contributed by atoms with Crippen LogP contribution in [0.25, 0.3) is 0 Å². The molecule has 0 saturated heterocycles. The second kappa shape index (κ2) is 8.32. The Kier molecular flexibility index (Phi) is 6.73. The van der Waals surface area contributed by atoms with Crippen LogP contribution in [0.15, 0.2) is 24.3 Å². The van der Waals surface area contributed by atoms with Gasteiger partial charge < -0.3 is 15.7 Å². The van der Waals surface area contributed by atoms with Crippen molar-refractivity contribution in [2.75, 3.05) is 13.6 Å². The summed E-state index contributed by atoms with van der Waals surface area (Å²) in [6, 6.07) is 6.45. The molecule has 1 atom stereocenters. The van der Waals surface area contributed by atoms with E-state index in [1.54, 1.807) is 12.1 Å². The number of hydrogen-bond acceptors (Lipinski definition) is 3. The van der Waals surface area contributed by atoms with Gasteiger partial charge in [-0.2, -0.15) is 0 Å². The standard InChI is InChI=1S/C15H22N2O3/c1-3-6-13(15(19)20)17-14(18)12-8-5-4-7-11(12)9-10-16-2/h4-5,7-8,13,16H,3,6,9-10H2,1-2H3,(H,17,18)(H,19,20)/t13-/m0/s1. The SMILES string of the molecule is CCC[C@H](NC(=O)c1ccccc1CCNC)C(=O)O. The predicted molar refractivity (Wildman–Crippen MR) is 77.9 cm³/mol. The van der Waals surface area contributed by atoms with Crippen molar-refractivity contribution in [2.45, 2.75) is 32.2 Å². The number of nitrogens with one attached hydrogen (secondary N) is 2. The van der Waals surface area contributed by atoms with Gasteiger partial charge >= 0.3 is 5.97 Å². The first-order valence-corrected chi connectivity index (χ1v) is 6.86. The van der Waals surface area contributed by atoms with Crippen molar-refractivity contribution in [2.24, 2.45) is 0 Å². The molecule has 0 aliphatic carbocycles. The quantitative estimate of drug-likeness (QED) is 0.672. The van der Waals surface area contributed by atoms with E-state index in [0.717, 1.165) is 18.5 Å². The zero-order valence-electron chi connectivity index (χ0n) is 12.0. The molecule has 110 valence electrons. The Bertz CT molecular complexity index is 460. The number of aliphatic carboxylic acids is 1. The molecule has 20 heavy (non-hydrogen) atoms. The maximum Gasteiger partial charge on any atom is 0.326 e. The Morgan fingerprint density at radius 1 is 1.30 bits per heavy atom. The van der Waals surface area contributed by atoms with Gasteiger partial charge in [0.2, 0.25) is 0 Å². The van der Waals surface area contributed by atoms with E-state index in [9.17, 15) is 9.59 Å². The molecule has 0 fully saturated rings. The number of likely N-dealkylation sites (N-methyl/N-ethyl adjacent to an activating group) is 1. The lowest BCUT2D eigenvalue weighted by Crippen LogP contribution is -2.41. The van der Waals surface area contributed by atoms with Crippen molar-refractivity contribution in [3.63, 3.8) is 0 Å². The zero-order chi connectivity index (χ0) is 15.0. The Morgan fingerprint density at radius 2 is 2.00 bits per heavy atom. The van der Waals surface area contributed by atoms with Crippen LogP contribution in [0.5, 0.6) is 0 Å². The van der Waals surface area contributed by atoms with E-state index in [4.69, 9.17) is 5.11 Å². The summed E-state index contributed by atoms with van der Waals surface area (Å²) in [6.07, 6.45) is 1.87. The maximum absolute atomic E-state index is 12.2. The van der Waals surface area contributed by atoms with Gasteiger partial charge in [0, 0.05) is 5.56 Å². The molecule has 0 unspecified atom stereocenters. The van der Waals surface area contributed by atoms with Crippen LogP contribution in [0.2, 0.25) is 0 Å². The van der Waals surface area contributed by atoms with E-state index >= 15 is 0 Å². The molecule has 0 aromatic heterocycles. The monoisotopic (exact) mass is 278 g/mol. The topological polar surface area (TPSA) is 78.4 Å². The number of rotatable bonds is 8. The Morgan fingerprint density at radius 3 is 2.60 bits per heavy atom. The van der Waals surface area contributed by atoms with Crippen molar-refractivity contribution in [1.29, 1.82) is 0 Å². The van der Waals surface area contributed by atoms with E-state index in [1.165, 1.54) is 0 Å². The number of carboxylic acids is 1. The molecule has 0 aliphatic heterocycles. The van der Waals surface area contributed by atoms with Crippen LogP contribution in [0.1, 0.15) is 35.7 Å². The molecule has 0 aliphatic rings. The van der Waals surface area contributed by atoms with Crippen molar-refractivity contribution >= 4 is 11.9 Å². The summed E-state index contributed by atoms with van der Waals surface area (Å²) in [5.41, 5.74) is 1.46. The summed E-state index contributed by atoms with van der Waals surface area (Å²) < 4.78 is 0. The van der Waals surface area contributed by atoms with Crippen molar-refractivity contribution in [3.05, 3.63) is 35.4 Å². The van der Waals surface area contributed by atoms with E-state index in [2.05, 4.69) is 10.6 Å². The van der Waals surface area contributed by atoms with E-state index in [0.29, 0.717) is 18.4 Å². The number of hydrogen-bond donors (Lipinski definition) is 3. The molecule has 0 bridgehead atoms. The largest absolute Gasteiger partial charge is 0.480 e. The van der Waals surface area contributed by atoms with Crippen LogP contribution in [-0.4, -0.2) is 36.6 Å². The number of carbonyl (C=O) groups is 2. The average Bonchev–Trinajstić information content (AvgIpc) is 2.44. The molecule has 3 N–H and O–H groups in total. The molecule has 1 rings (SSSR count). The molecule has 5 nitrogen and oxygen atoms in total. The third-order valence-corrected chi connectivity index (χ3v) is 3.09. The third-order valence-electron chi connectivity index (χ3n) is 3.09. The summed E-state index contributed by atoms with van der Waals surface area (Å²) in [7, 11) is 1.85. The fraction of sp³-hybridized carbons (Fsp3) is 0.467. The molecule has 5 heteroatoms. The van der Waals surface area contributed by atoms with Gasteiger partial charge in [-0.1, -0.05) is 31.5 Å². The molecule has 1 amide bonds. The van der Waals surface area contributed by atoms with E-state index in [1.807, 2.05) is 26.1 Å². The molecule has 0 radical (unpaired) electrons. The number of carboxylic acid groups (broad SMARTS) is 1. The average molecular weight is 278 g/mol. The minimum absolute atomic E-state index is 0.322. The minimum atomic E-state index is -0.993. The highest BCUT2D eigenvalue weighted by Crippen LogP contribution is 2.10. The second-order valence-corrected chi connectivity index (χ2v) is 4.66. The smallest absolute Gasteiger partial charge is 0.326 e. The normalized spacial score (nSPS) is 11.9. The molecular formula is C15H22N2O3. The van der Waals surface area contributed by atoms with E-state index < -0.39 is 12.0 Å². The second-order valence-electron chi connectivity index (χ2n) is 4.66. The van der Waals surface area contributed by atoms with Gasteiger partial charge in [-0.25, -0.2) is 4.79 Å². The van der Waals surface area contributed by atoms with Gasteiger partial charge in [0.1, 0.15) is 6.04 Å². The Balaban J connectivity index is 2.82. The third kappa shape index (κ3) is 4.66. The highest BCUT2D eigenvalue weighted by atomic mass is 16.4. The van der Waals surface area contributed by atoms with Gasteiger partial charge in [-0.15, -0.1) is 0 Å². The Hall–Kier alpha value is -1.88. The first kappa shape index (κ1) is 16.2. The summed E-state index contributed by atoms with van der Waals surface area (Å²) in [5, 5.41) is 14.7. The lowest BCUT2D eigenvalue weighted by molar-refractivity contribution is -0.139. The van der Waals surface area contributed by atoms with Crippen LogP contribution in [0.3, 0.4) is 0 Å². The predicted octanol–water partition coefficient (Wildman–Crippen LogP) is 1.43. The van der Waals surface area contributed by atoms with E-state index in [-0.39, 0.29) is 5.91 Å². The highest BCUT2D eigenvalue weighted by Gasteiger charge is 2.20. The first-order chi connectivity index (χ1) is 9.60. The van der Waals surface area contributed by atoms with Gasteiger partial charge in [-0.05, 0) is 38.1 Å². The van der Waals surface area contributed by atoms with Gasteiger partial charge in [-0.3, -0.25) is 4.79 Å². The van der Waals surface area contributed by atoms with Crippen LogP contribution in [0, 0.1) is 0 Å². The number of amides is 1. The molecule has 1 aromatic carbocycles. The molecule has 1 aromatic rings. The summed E-state index contributed by atoms with van der Waals surface area (Å²) in [4.78, 5) is 23.3. The van der Waals surface area contributed by atoms with Crippen molar-refractivity contribution in [3.8, 4) is 0 Å². The summed E-state index contributed by atoms with van der Waals surface area (Å²) in [6.45, 7) is 2.66. The lowest BCUT2D eigenvalue weighted by atomic mass is 10.0. The van der Waals surface area contributed by atoms with Crippen LogP contribution in [0.4, 0.5) is 0 Å². The van der Waals surface area contributed by atoms with Gasteiger partial charge in [0.25, 0.3) is 5.91 Å². The zero-order valence-corrected chi connectivity index (χ0v) is 12.0. The molecule has 0 heterocycles. The van der Waals surface area contributed by atoms with Crippen LogP contribution in [-0.2, 0) is 11.2 Å². The maximum atomic E-state index is 12.2. The number of benzene rings is 1. The van der Waals surface area contributed by atoms with Crippen LogP contribution < -0.4 is 10.6 Å². The molecule has 0 saturated carbocycles. The molecule has 0 spiro atoms. The fourth-order valence-corrected chi connectivity index (χ4v) is 2.00. The van der Waals surface area contributed by atoms with Crippen molar-refractivity contribution < 1.29 is 14.7 Å². The summed E-state index contributed by atoms with van der Waals surface area (Å²) >= 11 is 0. The van der Waals surface area contributed by atoms with Crippen LogP contribution >= 0.6 is 0 Å². The lowest BCUT2D eigenvalue weighted by Gasteiger charge is -2.15. The first-order valence-electron chi connectivity index (χ1n) is 6.86. The van der Waals surface area contributed by atoms with Gasteiger partial charge in [0.15, 0.2) is 0 Å². The fourth-order valence-electron chi connectivity index (χ4n) is 2.00. The minimum Gasteiger partial charge on any atom is -0.480 e. The highest BCUT2D eigenvalue weighted by molar-refractivity contribution is 5.97. The number of carbonyl (C=O) groups excluding carboxylic acids is 1. The molecular weight excluding hydrogens is 256 g/mol. The Labute approximate surface area is 119 Å².